The third-order valence-corrected chi connectivity index (χ3v) is 2.73. The van der Waals surface area contributed by atoms with Crippen LogP contribution in [0.1, 0.15) is 31.9 Å². The number of halogens is 4. The third kappa shape index (κ3) is 4.83. The molecule has 0 aliphatic rings. The van der Waals surface area contributed by atoms with E-state index in [0.717, 1.165) is 6.92 Å². The second-order valence-corrected chi connectivity index (χ2v) is 5.83. The summed E-state index contributed by atoms with van der Waals surface area (Å²) in [5.74, 6) is -1.34. The molecule has 0 saturated carbocycles. The zero-order valence-corrected chi connectivity index (χ0v) is 12.9. The Morgan fingerprint density at radius 1 is 1.26 bits per heavy atom. The molecular weight excluding hydrogens is 321 g/mol. The van der Waals surface area contributed by atoms with Crippen molar-refractivity contribution in [2.24, 2.45) is 0 Å². The normalized spacial score (nSPS) is 12.1. The lowest BCUT2D eigenvalue weighted by Crippen LogP contribution is -2.38. The predicted octanol–water partition coefficient (Wildman–Crippen LogP) is 2.18. The summed E-state index contributed by atoms with van der Waals surface area (Å²) in [5, 5.41) is 20.2. The second-order valence-electron chi connectivity index (χ2n) is 5.83. The summed E-state index contributed by atoms with van der Waals surface area (Å²) in [6.07, 6.45) is -6.08. The molecule has 128 valence electrons. The van der Waals surface area contributed by atoms with Crippen LogP contribution in [0.25, 0.3) is 0 Å². The summed E-state index contributed by atoms with van der Waals surface area (Å²) < 4.78 is 57.9. The lowest BCUT2D eigenvalue weighted by atomic mass is 9.75. The number of nitrogens with one attached hydrogen (secondary N) is 1. The zero-order chi connectivity index (χ0) is 18.2. The maximum Gasteiger partial charge on any atom is 0.489 e. The first-order valence-electron chi connectivity index (χ1n) is 6.50. The van der Waals surface area contributed by atoms with Crippen molar-refractivity contribution < 1.29 is 37.1 Å². The first kappa shape index (κ1) is 19.2. The minimum atomic E-state index is -4.99. The van der Waals surface area contributed by atoms with Crippen molar-refractivity contribution in [2.45, 2.75) is 39.5 Å². The molecule has 1 rings (SSSR count). The van der Waals surface area contributed by atoms with Crippen molar-refractivity contribution in [1.29, 1.82) is 0 Å². The fraction of sp³-hybridized carbons (Fsp3) is 0.462. The summed E-state index contributed by atoms with van der Waals surface area (Å²) >= 11 is 0. The first-order chi connectivity index (χ1) is 10.2. The number of anilines is 1. The molecular formula is C13H16BF4NO4. The Kier molecular flexibility index (Phi) is 5.32. The largest absolute Gasteiger partial charge is 0.489 e. The first-order valence-corrected chi connectivity index (χ1v) is 6.50. The van der Waals surface area contributed by atoms with E-state index in [1.165, 1.54) is 0 Å². The molecule has 0 radical (unpaired) electrons. The van der Waals surface area contributed by atoms with Gasteiger partial charge in [0.1, 0.15) is 11.4 Å². The van der Waals surface area contributed by atoms with Crippen LogP contribution in [0.3, 0.4) is 0 Å². The molecule has 23 heavy (non-hydrogen) atoms. The molecule has 0 heterocycles. The van der Waals surface area contributed by atoms with Crippen molar-refractivity contribution in [3.8, 4) is 0 Å². The highest BCUT2D eigenvalue weighted by atomic mass is 19.4. The van der Waals surface area contributed by atoms with Gasteiger partial charge in [-0.1, -0.05) is 0 Å². The smallest absolute Gasteiger partial charge is 0.444 e. The number of alkyl halides is 3. The van der Waals surface area contributed by atoms with Gasteiger partial charge in [0.2, 0.25) is 0 Å². The van der Waals surface area contributed by atoms with Gasteiger partial charge in [0, 0.05) is 0 Å². The van der Waals surface area contributed by atoms with E-state index in [4.69, 9.17) is 14.8 Å². The third-order valence-electron chi connectivity index (χ3n) is 2.73. The van der Waals surface area contributed by atoms with E-state index in [2.05, 4.69) is 0 Å². The Morgan fingerprint density at radius 2 is 1.78 bits per heavy atom. The second kappa shape index (κ2) is 6.36. The summed E-state index contributed by atoms with van der Waals surface area (Å²) in [4.78, 5) is 11.6. The average Bonchev–Trinajstić information content (AvgIpc) is 2.30. The van der Waals surface area contributed by atoms with Crippen LogP contribution in [0.4, 0.5) is 28.0 Å². The molecule has 3 N–H and O–H groups in total. The van der Waals surface area contributed by atoms with Gasteiger partial charge < -0.3 is 14.8 Å². The molecule has 0 atom stereocenters. The highest BCUT2D eigenvalue weighted by Crippen LogP contribution is 2.34. The van der Waals surface area contributed by atoms with Gasteiger partial charge in [-0.3, -0.25) is 5.32 Å². The van der Waals surface area contributed by atoms with Gasteiger partial charge in [0.15, 0.2) is 0 Å². The molecule has 5 nitrogen and oxygen atoms in total. The number of amides is 1. The van der Waals surface area contributed by atoms with Crippen LogP contribution < -0.4 is 10.8 Å². The SMILES string of the molecule is Cc1c(F)c(NC(=O)OC(C)(C)C)cc(B(O)O)c1C(F)(F)F. The zero-order valence-electron chi connectivity index (χ0n) is 12.9. The molecule has 0 saturated heterocycles. The highest BCUT2D eigenvalue weighted by Gasteiger charge is 2.40. The Labute approximate surface area is 130 Å². The lowest BCUT2D eigenvalue weighted by Gasteiger charge is -2.21. The number of hydrogen-bond acceptors (Lipinski definition) is 4. The van der Waals surface area contributed by atoms with E-state index in [9.17, 15) is 22.4 Å². The number of ether oxygens (including phenoxy) is 1. The minimum absolute atomic E-state index is 0.514. The number of carbonyl (C=O) groups excluding carboxylic acids is 1. The molecule has 0 spiro atoms. The van der Waals surface area contributed by atoms with E-state index in [-0.39, 0.29) is 0 Å². The van der Waals surface area contributed by atoms with Crippen LogP contribution in [0, 0.1) is 12.7 Å². The van der Waals surface area contributed by atoms with Crippen LogP contribution in [-0.2, 0) is 10.9 Å². The van der Waals surface area contributed by atoms with Crippen molar-refractivity contribution in [1.82, 2.24) is 0 Å². The molecule has 0 fully saturated rings. The van der Waals surface area contributed by atoms with Gasteiger partial charge in [-0.25, -0.2) is 9.18 Å². The fourth-order valence-corrected chi connectivity index (χ4v) is 1.90. The topological polar surface area (TPSA) is 78.8 Å². The molecule has 0 bridgehead atoms. The summed E-state index contributed by atoms with van der Waals surface area (Å²) in [7, 11) is -2.50. The van der Waals surface area contributed by atoms with Crippen LogP contribution in [0.15, 0.2) is 6.07 Å². The molecule has 1 aromatic carbocycles. The quantitative estimate of drug-likeness (QED) is 0.571. The monoisotopic (exact) mass is 337 g/mol. The van der Waals surface area contributed by atoms with E-state index in [0.29, 0.717) is 6.07 Å². The van der Waals surface area contributed by atoms with E-state index < -0.39 is 53.1 Å². The Hall–Kier alpha value is -1.81. The van der Waals surface area contributed by atoms with Crippen molar-refractivity contribution in [3.05, 3.63) is 23.0 Å². The number of rotatable bonds is 2. The van der Waals surface area contributed by atoms with Crippen molar-refractivity contribution >= 4 is 24.4 Å². The van der Waals surface area contributed by atoms with E-state index in [1.807, 2.05) is 5.32 Å². The standard InChI is InChI=1S/C13H16BF4NO4/c1-6-9(13(16,17)18)7(14(21)22)5-8(10(6)15)19-11(20)23-12(2,3)4/h5,21-22H,1-4H3,(H,19,20). The molecule has 0 aliphatic heterocycles. The molecule has 1 aromatic rings. The van der Waals surface area contributed by atoms with Gasteiger partial charge in [-0.05, 0) is 44.8 Å². The number of carbonyl (C=O) groups is 1. The van der Waals surface area contributed by atoms with Crippen LogP contribution in [0.5, 0.6) is 0 Å². The summed E-state index contributed by atoms with van der Waals surface area (Å²) in [6, 6.07) is 0.514. The molecule has 0 unspecified atom stereocenters. The van der Waals surface area contributed by atoms with E-state index in [1.54, 1.807) is 20.8 Å². The van der Waals surface area contributed by atoms with Crippen molar-refractivity contribution in [3.63, 3.8) is 0 Å². The van der Waals surface area contributed by atoms with Gasteiger partial charge in [0.25, 0.3) is 0 Å². The lowest BCUT2D eigenvalue weighted by molar-refractivity contribution is -0.137. The Morgan fingerprint density at radius 3 is 2.17 bits per heavy atom. The van der Waals surface area contributed by atoms with Gasteiger partial charge in [0.05, 0.1) is 11.3 Å². The Bertz CT molecular complexity index is 611. The summed E-state index contributed by atoms with van der Waals surface area (Å²) in [5.41, 5.74) is -4.88. The molecule has 1 amide bonds. The predicted molar refractivity (Wildman–Crippen MR) is 75.8 cm³/mol. The highest BCUT2D eigenvalue weighted by molar-refractivity contribution is 6.59. The molecule has 10 heteroatoms. The number of hydrogen-bond donors (Lipinski definition) is 3. The van der Waals surface area contributed by atoms with Gasteiger partial charge in [-0.15, -0.1) is 0 Å². The van der Waals surface area contributed by atoms with E-state index >= 15 is 0 Å². The minimum Gasteiger partial charge on any atom is -0.444 e. The summed E-state index contributed by atoms with van der Waals surface area (Å²) in [6.45, 7) is 5.46. The molecule has 0 aliphatic carbocycles. The van der Waals surface area contributed by atoms with Crippen molar-refractivity contribution in [2.75, 3.05) is 5.32 Å². The Balaban J connectivity index is 3.34. The molecule has 0 aromatic heterocycles. The average molecular weight is 337 g/mol. The van der Waals surface area contributed by atoms with Crippen LogP contribution in [0.2, 0.25) is 0 Å². The van der Waals surface area contributed by atoms with Crippen LogP contribution in [-0.4, -0.2) is 28.9 Å². The van der Waals surface area contributed by atoms with Crippen LogP contribution >= 0.6 is 0 Å². The fourth-order valence-electron chi connectivity index (χ4n) is 1.90. The van der Waals surface area contributed by atoms with Gasteiger partial charge in [-0.2, -0.15) is 13.2 Å². The van der Waals surface area contributed by atoms with Gasteiger partial charge >= 0.3 is 19.4 Å². The number of benzene rings is 1. The maximum atomic E-state index is 14.1. The maximum absolute atomic E-state index is 14.1.